The minimum absolute atomic E-state index is 0.197. The van der Waals surface area contributed by atoms with Crippen LogP contribution >= 0.6 is 12.2 Å². The molecule has 0 aromatic heterocycles. The van der Waals surface area contributed by atoms with Gasteiger partial charge >= 0.3 is 0 Å². The molecule has 1 atom stereocenters. The van der Waals surface area contributed by atoms with Gasteiger partial charge in [-0.2, -0.15) is 0 Å². The van der Waals surface area contributed by atoms with Crippen molar-refractivity contribution in [1.82, 2.24) is 4.90 Å². The Morgan fingerprint density at radius 3 is 2.33 bits per heavy atom. The van der Waals surface area contributed by atoms with Crippen LogP contribution in [-0.4, -0.2) is 28.9 Å². The van der Waals surface area contributed by atoms with Gasteiger partial charge in [-0.15, -0.1) is 0 Å². The van der Waals surface area contributed by atoms with Crippen LogP contribution in [0.3, 0.4) is 0 Å². The second-order valence-electron chi connectivity index (χ2n) is 8.25. The Balaban J connectivity index is 2.05. The number of likely N-dealkylation sites (tertiary alicyclic amines) is 1. The molecule has 1 saturated carbocycles. The molecule has 2 aliphatic rings. The zero-order valence-electron chi connectivity index (χ0n) is 13.9. The fraction of sp³-hybridized carbons (Fsp3) is 0.882. The summed E-state index contributed by atoms with van der Waals surface area (Å²) in [6.45, 7) is 10.8. The highest BCUT2D eigenvalue weighted by Crippen LogP contribution is 2.47. The molecule has 0 spiro atoms. The van der Waals surface area contributed by atoms with Crippen LogP contribution in [-0.2, 0) is 4.79 Å². The summed E-state index contributed by atoms with van der Waals surface area (Å²) in [4.78, 5) is 15.4. The topological polar surface area (TPSA) is 46.3 Å². The molecule has 2 N–H and O–H groups in total. The lowest BCUT2D eigenvalue weighted by Gasteiger charge is -2.46. The largest absolute Gasteiger partial charge is 0.392 e. The first-order chi connectivity index (χ1) is 9.67. The standard InChI is InChI=1S/C17H30N2OS/c1-12-10-17(11-12,14(18)21)15(20)19-8-5-6-13(7-9-19)16(2,3)4/h12-13H,5-11H2,1-4H3,(H2,18,21). The number of hydrogen-bond donors (Lipinski definition) is 1. The Bertz CT molecular complexity index is 421. The van der Waals surface area contributed by atoms with E-state index in [-0.39, 0.29) is 5.91 Å². The molecule has 0 aromatic carbocycles. The number of nitrogens with zero attached hydrogens (tertiary/aromatic N) is 1. The minimum Gasteiger partial charge on any atom is -0.392 e. The second kappa shape index (κ2) is 5.86. The Kier molecular flexibility index (Phi) is 4.67. The van der Waals surface area contributed by atoms with Crippen molar-refractivity contribution < 1.29 is 4.79 Å². The Hall–Kier alpha value is -0.640. The Morgan fingerprint density at radius 2 is 1.86 bits per heavy atom. The molecular weight excluding hydrogens is 280 g/mol. The average molecular weight is 311 g/mol. The smallest absolute Gasteiger partial charge is 0.235 e. The summed E-state index contributed by atoms with van der Waals surface area (Å²) < 4.78 is 0. The van der Waals surface area contributed by atoms with Gasteiger partial charge in [-0.05, 0) is 49.4 Å². The molecule has 21 heavy (non-hydrogen) atoms. The van der Waals surface area contributed by atoms with Gasteiger partial charge in [-0.25, -0.2) is 0 Å². The number of carbonyl (C=O) groups excluding carboxylic acids is 1. The summed E-state index contributed by atoms with van der Waals surface area (Å²) in [6, 6.07) is 0. The van der Waals surface area contributed by atoms with E-state index in [2.05, 4.69) is 27.7 Å². The molecule has 3 nitrogen and oxygen atoms in total. The third-order valence-corrected chi connectivity index (χ3v) is 5.91. The first-order valence-electron chi connectivity index (χ1n) is 8.26. The quantitative estimate of drug-likeness (QED) is 0.796. The lowest BCUT2D eigenvalue weighted by Crippen LogP contribution is -2.57. The number of carbonyl (C=O) groups is 1. The molecule has 120 valence electrons. The zero-order chi connectivity index (χ0) is 15.8. The molecule has 0 aromatic rings. The highest BCUT2D eigenvalue weighted by Gasteiger charge is 2.52. The van der Waals surface area contributed by atoms with Crippen molar-refractivity contribution in [3.05, 3.63) is 0 Å². The molecule has 1 heterocycles. The van der Waals surface area contributed by atoms with Gasteiger partial charge in [-0.3, -0.25) is 4.79 Å². The molecule has 0 radical (unpaired) electrons. The van der Waals surface area contributed by atoms with Crippen molar-refractivity contribution in [2.45, 2.75) is 59.8 Å². The first kappa shape index (κ1) is 16.7. The maximum absolute atomic E-state index is 13.0. The average Bonchev–Trinajstić information content (AvgIpc) is 2.58. The third-order valence-electron chi connectivity index (χ3n) is 5.51. The van der Waals surface area contributed by atoms with Crippen molar-refractivity contribution in [1.29, 1.82) is 0 Å². The lowest BCUT2D eigenvalue weighted by molar-refractivity contribution is -0.144. The van der Waals surface area contributed by atoms with Gasteiger partial charge in [0.25, 0.3) is 0 Å². The predicted molar refractivity (Wildman–Crippen MR) is 91.0 cm³/mol. The predicted octanol–water partition coefficient (Wildman–Crippen LogP) is 3.36. The number of amides is 1. The van der Waals surface area contributed by atoms with E-state index in [1.165, 1.54) is 6.42 Å². The zero-order valence-corrected chi connectivity index (χ0v) is 14.8. The van der Waals surface area contributed by atoms with E-state index in [4.69, 9.17) is 18.0 Å². The van der Waals surface area contributed by atoms with Crippen LogP contribution in [0.15, 0.2) is 0 Å². The summed E-state index contributed by atoms with van der Waals surface area (Å²) in [5.41, 5.74) is 5.71. The van der Waals surface area contributed by atoms with Crippen LogP contribution in [0.1, 0.15) is 59.8 Å². The maximum Gasteiger partial charge on any atom is 0.235 e. The maximum atomic E-state index is 13.0. The van der Waals surface area contributed by atoms with Crippen LogP contribution in [0.5, 0.6) is 0 Å². The number of thiocarbonyl (C=S) groups is 1. The fourth-order valence-electron chi connectivity index (χ4n) is 4.08. The van der Waals surface area contributed by atoms with E-state index in [1.54, 1.807) is 0 Å². The van der Waals surface area contributed by atoms with Crippen molar-refractivity contribution >= 4 is 23.1 Å². The lowest BCUT2D eigenvalue weighted by atomic mass is 9.61. The van der Waals surface area contributed by atoms with Gasteiger partial charge in [0.1, 0.15) is 0 Å². The van der Waals surface area contributed by atoms with Gasteiger partial charge < -0.3 is 10.6 Å². The molecule has 1 amide bonds. The second-order valence-corrected chi connectivity index (χ2v) is 8.69. The van der Waals surface area contributed by atoms with E-state index >= 15 is 0 Å². The minimum atomic E-state index is -0.531. The summed E-state index contributed by atoms with van der Waals surface area (Å²) in [5.74, 6) is 1.45. The monoisotopic (exact) mass is 310 g/mol. The molecule has 2 fully saturated rings. The van der Waals surface area contributed by atoms with Gasteiger partial charge in [-0.1, -0.05) is 39.9 Å². The normalized spacial score (nSPS) is 34.0. The fourth-order valence-corrected chi connectivity index (χ4v) is 4.33. The Morgan fingerprint density at radius 1 is 1.24 bits per heavy atom. The summed E-state index contributed by atoms with van der Waals surface area (Å²) in [6.07, 6.45) is 5.07. The van der Waals surface area contributed by atoms with Gasteiger partial charge in [0.2, 0.25) is 5.91 Å². The first-order valence-corrected chi connectivity index (χ1v) is 8.67. The van der Waals surface area contributed by atoms with E-state index in [1.807, 2.05) is 4.90 Å². The molecule has 1 aliphatic carbocycles. The van der Waals surface area contributed by atoms with Crippen LogP contribution in [0.4, 0.5) is 0 Å². The van der Waals surface area contributed by atoms with Gasteiger partial charge in [0.15, 0.2) is 0 Å². The van der Waals surface area contributed by atoms with Crippen molar-refractivity contribution in [3.63, 3.8) is 0 Å². The van der Waals surface area contributed by atoms with Crippen LogP contribution in [0, 0.1) is 22.7 Å². The van der Waals surface area contributed by atoms with E-state index in [0.717, 1.165) is 38.8 Å². The third kappa shape index (κ3) is 3.25. The molecule has 1 aliphatic heterocycles. The van der Waals surface area contributed by atoms with E-state index in [0.29, 0.717) is 22.2 Å². The Labute approximate surface area is 134 Å². The molecule has 1 unspecified atom stereocenters. The summed E-state index contributed by atoms with van der Waals surface area (Å²) in [5, 5.41) is 0. The number of nitrogens with two attached hydrogens (primary N) is 1. The van der Waals surface area contributed by atoms with Crippen LogP contribution in [0.25, 0.3) is 0 Å². The molecule has 1 saturated heterocycles. The van der Waals surface area contributed by atoms with E-state index in [9.17, 15) is 4.79 Å². The van der Waals surface area contributed by atoms with E-state index < -0.39 is 5.41 Å². The van der Waals surface area contributed by atoms with Crippen LogP contribution < -0.4 is 5.73 Å². The van der Waals surface area contributed by atoms with Crippen molar-refractivity contribution in [2.24, 2.45) is 28.4 Å². The summed E-state index contributed by atoms with van der Waals surface area (Å²) >= 11 is 5.23. The number of hydrogen-bond acceptors (Lipinski definition) is 2. The SMILES string of the molecule is CC1CC(C(=O)N2CCCC(C(C)(C)C)CC2)(C(N)=S)C1. The summed E-state index contributed by atoms with van der Waals surface area (Å²) in [7, 11) is 0. The highest BCUT2D eigenvalue weighted by molar-refractivity contribution is 7.80. The molecular formula is C17H30N2OS. The molecule has 4 heteroatoms. The van der Waals surface area contributed by atoms with Crippen molar-refractivity contribution in [2.75, 3.05) is 13.1 Å². The van der Waals surface area contributed by atoms with Crippen molar-refractivity contribution in [3.8, 4) is 0 Å². The molecule has 0 bridgehead atoms. The number of rotatable bonds is 2. The molecule has 2 rings (SSSR count). The highest BCUT2D eigenvalue weighted by atomic mass is 32.1. The van der Waals surface area contributed by atoms with Crippen LogP contribution in [0.2, 0.25) is 0 Å². The van der Waals surface area contributed by atoms with Gasteiger partial charge in [0.05, 0.1) is 10.4 Å². The van der Waals surface area contributed by atoms with Gasteiger partial charge in [0, 0.05) is 13.1 Å².